The number of esters is 1. The zero-order chi connectivity index (χ0) is 22.2. The Morgan fingerprint density at radius 2 is 1.77 bits per heavy atom. The molecule has 3 rings (SSSR count). The molecule has 0 saturated carbocycles. The molecule has 0 unspecified atom stereocenters. The Morgan fingerprint density at radius 1 is 1.03 bits per heavy atom. The number of ether oxygens (including phenoxy) is 1. The molecule has 0 saturated heterocycles. The Bertz CT molecular complexity index is 1120. The van der Waals surface area contributed by atoms with Crippen molar-refractivity contribution in [1.82, 2.24) is 5.43 Å². The Kier molecular flexibility index (Phi) is 7.65. The summed E-state index contributed by atoms with van der Waals surface area (Å²) >= 11 is 11.9. The first-order valence-corrected chi connectivity index (χ1v) is 10.1. The lowest BCUT2D eigenvalue weighted by molar-refractivity contribution is -0.119. The van der Waals surface area contributed by atoms with Crippen LogP contribution in [0.2, 0.25) is 10.0 Å². The lowest BCUT2D eigenvalue weighted by Gasteiger charge is -2.08. The van der Waals surface area contributed by atoms with Crippen LogP contribution in [0.4, 0.5) is 5.69 Å². The van der Waals surface area contributed by atoms with E-state index in [-0.39, 0.29) is 23.0 Å². The second-order valence-corrected chi connectivity index (χ2v) is 7.39. The molecule has 0 heterocycles. The van der Waals surface area contributed by atoms with Gasteiger partial charge < -0.3 is 10.1 Å². The van der Waals surface area contributed by atoms with Crippen LogP contribution in [0.5, 0.6) is 5.75 Å². The SMILES string of the molecule is Cc1ccccc1NCC(=O)NN=Cc1ccc(OC(=O)c2ccc(Cl)cc2Cl)cc1. The maximum absolute atomic E-state index is 12.2. The van der Waals surface area contributed by atoms with Gasteiger partial charge in [0.2, 0.25) is 0 Å². The summed E-state index contributed by atoms with van der Waals surface area (Å²) in [5.41, 5.74) is 5.35. The molecular weight excluding hydrogens is 437 g/mol. The minimum absolute atomic E-state index is 0.102. The van der Waals surface area contributed by atoms with Crippen LogP contribution in [-0.2, 0) is 4.79 Å². The van der Waals surface area contributed by atoms with Crippen molar-refractivity contribution >= 4 is 47.0 Å². The third kappa shape index (κ3) is 6.57. The highest BCUT2D eigenvalue weighted by Crippen LogP contribution is 2.23. The van der Waals surface area contributed by atoms with Gasteiger partial charge in [-0.2, -0.15) is 5.10 Å². The van der Waals surface area contributed by atoms with Gasteiger partial charge in [-0.1, -0.05) is 41.4 Å². The van der Waals surface area contributed by atoms with E-state index in [4.69, 9.17) is 27.9 Å². The number of nitrogens with zero attached hydrogens (tertiary/aromatic N) is 1. The molecule has 0 aliphatic heterocycles. The molecule has 0 radical (unpaired) electrons. The van der Waals surface area contributed by atoms with Crippen LogP contribution in [0.1, 0.15) is 21.5 Å². The predicted octanol–water partition coefficient (Wildman–Crippen LogP) is 5.08. The summed E-state index contributed by atoms with van der Waals surface area (Å²) in [6.07, 6.45) is 1.49. The number of hydrogen-bond donors (Lipinski definition) is 2. The summed E-state index contributed by atoms with van der Waals surface area (Å²) in [5, 5.41) is 7.64. The fraction of sp³-hybridized carbons (Fsp3) is 0.0870. The summed E-state index contributed by atoms with van der Waals surface area (Å²) in [5.74, 6) is -0.513. The molecule has 0 aromatic heterocycles. The monoisotopic (exact) mass is 455 g/mol. The first-order chi connectivity index (χ1) is 14.9. The fourth-order valence-electron chi connectivity index (χ4n) is 2.60. The molecular formula is C23H19Cl2N3O3. The van der Waals surface area contributed by atoms with E-state index in [2.05, 4.69) is 15.8 Å². The molecule has 8 heteroatoms. The van der Waals surface area contributed by atoms with E-state index in [1.165, 1.54) is 18.3 Å². The van der Waals surface area contributed by atoms with E-state index in [1.807, 2.05) is 31.2 Å². The van der Waals surface area contributed by atoms with Gasteiger partial charge in [0, 0.05) is 10.7 Å². The summed E-state index contributed by atoms with van der Waals surface area (Å²) < 4.78 is 5.31. The van der Waals surface area contributed by atoms with Crippen LogP contribution in [-0.4, -0.2) is 24.6 Å². The van der Waals surface area contributed by atoms with Crippen molar-refractivity contribution in [2.24, 2.45) is 5.10 Å². The number of carbonyl (C=O) groups is 2. The lowest BCUT2D eigenvalue weighted by atomic mass is 10.2. The highest BCUT2D eigenvalue weighted by molar-refractivity contribution is 6.36. The van der Waals surface area contributed by atoms with Gasteiger partial charge >= 0.3 is 5.97 Å². The van der Waals surface area contributed by atoms with Crippen LogP contribution < -0.4 is 15.5 Å². The first kappa shape index (κ1) is 22.3. The minimum atomic E-state index is -0.587. The van der Waals surface area contributed by atoms with E-state index in [0.717, 1.165) is 16.8 Å². The van der Waals surface area contributed by atoms with Gasteiger partial charge in [0.15, 0.2) is 0 Å². The zero-order valence-corrected chi connectivity index (χ0v) is 18.1. The predicted molar refractivity (Wildman–Crippen MR) is 123 cm³/mol. The molecule has 0 fully saturated rings. The lowest BCUT2D eigenvalue weighted by Crippen LogP contribution is -2.26. The third-order valence-corrected chi connectivity index (χ3v) is 4.78. The number of hydrazone groups is 1. The molecule has 0 spiro atoms. The van der Waals surface area contributed by atoms with E-state index in [0.29, 0.717) is 10.8 Å². The fourth-order valence-corrected chi connectivity index (χ4v) is 3.09. The summed E-state index contributed by atoms with van der Waals surface area (Å²) in [6.45, 7) is 2.06. The topological polar surface area (TPSA) is 79.8 Å². The van der Waals surface area contributed by atoms with Gasteiger partial charge in [0.05, 0.1) is 23.3 Å². The van der Waals surface area contributed by atoms with Crippen molar-refractivity contribution in [1.29, 1.82) is 0 Å². The molecule has 1 amide bonds. The maximum atomic E-state index is 12.2. The number of anilines is 1. The van der Waals surface area contributed by atoms with Gasteiger partial charge in [-0.05, 0) is 66.6 Å². The van der Waals surface area contributed by atoms with Crippen LogP contribution in [0.3, 0.4) is 0 Å². The molecule has 0 bridgehead atoms. The van der Waals surface area contributed by atoms with Crippen LogP contribution in [0.15, 0.2) is 71.8 Å². The number of para-hydroxylation sites is 1. The minimum Gasteiger partial charge on any atom is -0.423 e. The quantitative estimate of drug-likeness (QED) is 0.225. The molecule has 3 aromatic carbocycles. The summed E-state index contributed by atoms with van der Waals surface area (Å²) in [4.78, 5) is 24.1. The van der Waals surface area contributed by atoms with Crippen LogP contribution >= 0.6 is 23.2 Å². The van der Waals surface area contributed by atoms with E-state index < -0.39 is 5.97 Å². The molecule has 31 heavy (non-hydrogen) atoms. The molecule has 0 atom stereocenters. The van der Waals surface area contributed by atoms with Gasteiger partial charge in [0.1, 0.15) is 5.75 Å². The Morgan fingerprint density at radius 3 is 2.48 bits per heavy atom. The van der Waals surface area contributed by atoms with Crippen molar-refractivity contribution in [3.8, 4) is 5.75 Å². The highest BCUT2D eigenvalue weighted by Gasteiger charge is 2.13. The van der Waals surface area contributed by atoms with Crippen molar-refractivity contribution in [2.75, 3.05) is 11.9 Å². The average molecular weight is 456 g/mol. The number of benzene rings is 3. The number of nitrogens with one attached hydrogen (secondary N) is 2. The third-order valence-electron chi connectivity index (χ3n) is 4.23. The Hall–Kier alpha value is -3.35. The second-order valence-electron chi connectivity index (χ2n) is 6.54. The smallest absolute Gasteiger partial charge is 0.345 e. The summed E-state index contributed by atoms with van der Waals surface area (Å²) in [6, 6.07) is 18.9. The van der Waals surface area contributed by atoms with Gasteiger partial charge in [-0.25, -0.2) is 10.2 Å². The number of carbonyl (C=O) groups excluding carboxylic acids is 2. The van der Waals surface area contributed by atoms with E-state index in [1.54, 1.807) is 30.3 Å². The Labute approximate surface area is 189 Å². The summed E-state index contributed by atoms with van der Waals surface area (Å²) in [7, 11) is 0. The van der Waals surface area contributed by atoms with Crippen molar-refractivity contribution in [3.63, 3.8) is 0 Å². The number of hydrogen-bond acceptors (Lipinski definition) is 5. The molecule has 3 aromatic rings. The van der Waals surface area contributed by atoms with Crippen LogP contribution in [0.25, 0.3) is 0 Å². The molecule has 158 valence electrons. The van der Waals surface area contributed by atoms with Crippen LogP contribution in [0, 0.1) is 6.92 Å². The number of amides is 1. The zero-order valence-electron chi connectivity index (χ0n) is 16.6. The second kappa shape index (κ2) is 10.6. The van der Waals surface area contributed by atoms with E-state index in [9.17, 15) is 9.59 Å². The number of rotatable bonds is 7. The van der Waals surface area contributed by atoms with E-state index >= 15 is 0 Å². The first-order valence-electron chi connectivity index (χ1n) is 9.31. The van der Waals surface area contributed by atoms with Gasteiger partial charge in [0.25, 0.3) is 5.91 Å². The maximum Gasteiger partial charge on any atom is 0.345 e. The molecule has 0 aliphatic carbocycles. The highest BCUT2D eigenvalue weighted by atomic mass is 35.5. The normalized spacial score (nSPS) is 10.7. The van der Waals surface area contributed by atoms with Crippen molar-refractivity contribution in [3.05, 3.63) is 93.5 Å². The van der Waals surface area contributed by atoms with Crippen molar-refractivity contribution < 1.29 is 14.3 Å². The number of halogens is 2. The Balaban J connectivity index is 1.49. The average Bonchev–Trinajstić information content (AvgIpc) is 2.74. The largest absolute Gasteiger partial charge is 0.423 e. The molecule has 0 aliphatic rings. The van der Waals surface area contributed by atoms with Gasteiger partial charge in [-0.15, -0.1) is 0 Å². The van der Waals surface area contributed by atoms with Crippen molar-refractivity contribution in [2.45, 2.75) is 6.92 Å². The van der Waals surface area contributed by atoms with Gasteiger partial charge in [-0.3, -0.25) is 4.79 Å². The number of aryl methyl sites for hydroxylation is 1. The molecule has 6 nitrogen and oxygen atoms in total. The molecule has 2 N–H and O–H groups in total. The standard InChI is InChI=1S/C23H19Cl2N3O3/c1-15-4-2-3-5-21(15)26-14-22(29)28-27-13-16-6-9-18(10-7-16)31-23(30)19-11-8-17(24)12-20(19)25/h2-13,26H,14H2,1H3,(H,28,29).